The SMILES string of the molecule is CCC(=Nc1cnn(C2CCN(C(C)C)CC2)c1)c1c(O)[nH]c2ccc(C(=O)NCC/C(C=NC)=C/N)cc12. The van der Waals surface area contributed by atoms with Gasteiger partial charge in [0.15, 0.2) is 5.88 Å². The minimum Gasteiger partial charge on any atom is -0.494 e. The second kappa shape index (κ2) is 12.8. The van der Waals surface area contributed by atoms with Crippen LogP contribution in [0.2, 0.25) is 0 Å². The van der Waals surface area contributed by atoms with Crippen LogP contribution in [0.5, 0.6) is 5.88 Å². The third kappa shape index (κ3) is 6.57. The van der Waals surface area contributed by atoms with Crippen LogP contribution in [-0.4, -0.2) is 75.3 Å². The van der Waals surface area contributed by atoms with Crippen LogP contribution in [0.15, 0.2) is 52.4 Å². The van der Waals surface area contributed by atoms with Gasteiger partial charge in [-0.2, -0.15) is 5.10 Å². The van der Waals surface area contributed by atoms with Crippen molar-refractivity contribution >= 4 is 34.4 Å². The summed E-state index contributed by atoms with van der Waals surface area (Å²) in [5.74, 6) is -0.165. The van der Waals surface area contributed by atoms with Crippen LogP contribution in [0.3, 0.4) is 0 Å². The minimum atomic E-state index is -0.201. The van der Waals surface area contributed by atoms with Crippen LogP contribution in [0.4, 0.5) is 5.69 Å². The van der Waals surface area contributed by atoms with Gasteiger partial charge in [-0.25, -0.2) is 4.99 Å². The number of fused-ring (bicyclic) bond motifs is 1. The van der Waals surface area contributed by atoms with E-state index < -0.39 is 0 Å². The van der Waals surface area contributed by atoms with E-state index in [9.17, 15) is 9.90 Å². The number of aromatic hydroxyl groups is 1. The Morgan fingerprint density at radius 1 is 1.33 bits per heavy atom. The number of nitrogens with one attached hydrogen (secondary N) is 2. The molecule has 39 heavy (non-hydrogen) atoms. The monoisotopic (exact) mass is 532 g/mol. The van der Waals surface area contributed by atoms with Crippen LogP contribution in [0.1, 0.15) is 68.4 Å². The smallest absolute Gasteiger partial charge is 0.251 e. The molecule has 3 aromatic rings. The Kier molecular flexibility index (Phi) is 9.19. The van der Waals surface area contributed by atoms with Crippen molar-refractivity contribution in [2.45, 2.75) is 58.5 Å². The van der Waals surface area contributed by atoms with Crippen molar-refractivity contribution < 1.29 is 9.90 Å². The van der Waals surface area contributed by atoms with Gasteiger partial charge in [0.05, 0.1) is 29.7 Å². The molecule has 1 aromatic carbocycles. The highest BCUT2D eigenvalue weighted by atomic mass is 16.3. The molecular formula is C29H40N8O2. The number of amides is 1. The molecule has 4 rings (SSSR count). The maximum atomic E-state index is 12.9. The standard InChI is InChI=1S/C29H40N8O2/c1-5-25(34-22-17-33-37(18-22)23-9-12-36(13-10-23)19(2)3)27-24-14-21(6-7-26(24)35-29(27)39)28(38)32-11-8-20(15-30)16-31-4/h6-7,14-19,23,35,39H,5,8-13,30H2,1-4H3,(H,32,38)/b20-15-,31-16?,34-25?. The molecule has 0 unspecified atom stereocenters. The molecule has 2 aromatic heterocycles. The summed E-state index contributed by atoms with van der Waals surface area (Å²) in [7, 11) is 1.68. The Morgan fingerprint density at radius 2 is 2.10 bits per heavy atom. The average Bonchev–Trinajstić information content (AvgIpc) is 3.54. The number of rotatable bonds is 10. The summed E-state index contributed by atoms with van der Waals surface area (Å²) in [5.41, 5.74) is 9.77. The zero-order valence-corrected chi connectivity index (χ0v) is 23.3. The first-order valence-corrected chi connectivity index (χ1v) is 13.7. The van der Waals surface area contributed by atoms with E-state index in [1.807, 2.05) is 17.8 Å². The van der Waals surface area contributed by atoms with Gasteiger partial charge in [-0.15, -0.1) is 0 Å². The van der Waals surface area contributed by atoms with Gasteiger partial charge in [-0.1, -0.05) is 6.92 Å². The molecule has 10 nitrogen and oxygen atoms in total. The molecule has 0 aliphatic carbocycles. The van der Waals surface area contributed by atoms with E-state index in [1.54, 1.807) is 37.7 Å². The number of aromatic amines is 1. The number of H-pyrrole nitrogens is 1. The number of carbonyl (C=O) groups is 1. The normalized spacial score (nSPS) is 16.1. The summed E-state index contributed by atoms with van der Waals surface area (Å²) < 4.78 is 2.03. The van der Waals surface area contributed by atoms with E-state index in [2.05, 4.69) is 39.1 Å². The number of benzene rings is 1. The van der Waals surface area contributed by atoms with E-state index in [0.29, 0.717) is 42.6 Å². The Balaban J connectivity index is 1.53. The van der Waals surface area contributed by atoms with Crippen LogP contribution in [0, 0.1) is 0 Å². The first kappa shape index (κ1) is 28.1. The first-order chi connectivity index (χ1) is 18.8. The highest BCUT2D eigenvalue weighted by Crippen LogP contribution is 2.31. The van der Waals surface area contributed by atoms with Crippen molar-refractivity contribution in [2.24, 2.45) is 15.7 Å². The van der Waals surface area contributed by atoms with Crippen molar-refractivity contribution in [2.75, 3.05) is 26.7 Å². The van der Waals surface area contributed by atoms with Gasteiger partial charge < -0.3 is 26.0 Å². The quantitative estimate of drug-likeness (QED) is 0.288. The van der Waals surface area contributed by atoms with E-state index in [1.165, 1.54) is 6.20 Å². The highest BCUT2D eigenvalue weighted by Gasteiger charge is 2.23. The molecule has 3 heterocycles. The number of hydrogen-bond donors (Lipinski definition) is 4. The predicted molar refractivity (Wildman–Crippen MR) is 157 cm³/mol. The minimum absolute atomic E-state index is 0.0354. The third-order valence-corrected chi connectivity index (χ3v) is 7.33. The number of nitrogens with two attached hydrogens (primary N) is 1. The third-order valence-electron chi connectivity index (χ3n) is 7.33. The molecule has 5 N–H and O–H groups in total. The summed E-state index contributed by atoms with van der Waals surface area (Å²) in [5, 5.41) is 19.1. The topological polar surface area (TPSA) is 137 Å². The molecule has 0 bridgehead atoms. The van der Waals surface area contributed by atoms with Gasteiger partial charge in [0.1, 0.15) is 5.69 Å². The number of nitrogens with zero attached hydrogens (tertiary/aromatic N) is 5. The Morgan fingerprint density at radius 3 is 2.77 bits per heavy atom. The summed E-state index contributed by atoms with van der Waals surface area (Å²) in [6.45, 7) is 9.04. The lowest BCUT2D eigenvalue weighted by Crippen LogP contribution is -2.39. The molecule has 1 aliphatic heterocycles. The lowest BCUT2D eigenvalue weighted by molar-refractivity contribution is 0.0954. The van der Waals surface area contributed by atoms with Gasteiger partial charge in [0.25, 0.3) is 5.91 Å². The second-order valence-corrected chi connectivity index (χ2v) is 10.2. The average molecular weight is 533 g/mol. The number of carbonyl (C=O) groups excluding carboxylic acids is 1. The lowest BCUT2D eigenvalue weighted by Gasteiger charge is -2.34. The first-order valence-electron chi connectivity index (χ1n) is 13.7. The maximum Gasteiger partial charge on any atom is 0.251 e. The fourth-order valence-electron chi connectivity index (χ4n) is 5.11. The fourth-order valence-corrected chi connectivity index (χ4v) is 5.11. The zero-order valence-electron chi connectivity index (χ0n) is 23.3. The van der Waals surface area contributed by atoms with E-state index in [0.717, 1.165) is 53.8 Å². The molecule has 0 atom stereocenters. The Labute approximate surface area is 229 Å². The van der Waals surface area contributed by atoms with Crippen LogP contribution in [-0.2, 0) is 0 Å². The van der Waals surface area contributed by atoms with Gasteiger partial charge in [0.2, 0.25) is 0 Å². The summed E-state index contributed by atoms with van der Waals surface area (Å²) in [6.07, 6.45) is 10.2. The highest BCUT2D eigenvalue weighted by molar-refractivity contribution is 6.14. The lowest BCUT2D eigenvalue weighted by atomic mass is 10.0. The molecule has 1 aliphatic rings. The summed E-state index contributed by atoms with van der Waals surface area (Å²) in [6, 6.07) is 6.26. The van der Waals surface area contributed by atoms with Crippen LogP contribution in [0.25, 0.3) is 10.9 Å². The van der Waals surface area contributed by atoms with Crippen molar-refractivity contribution in [3.05, 3.63) is 53.5 Å². The molecule has 208 valence electrons. The largest absolute Gasteiger partial charge is 0.494 e. The predicted octanol–water partition coefficient (Wildman–Crippen LogP) is 4.31. The maximum absolute atomic E-state index is 12.9. The number of piperidine rings is 1. The summed E-state index contributed by atoms with van der Waals surface area (Å²) in [4.78, 5) is 27.2. The van der Waals surface area contributed by atoms with Gasteiger partial charge in [-0.3, -0.25) is 14.5 Å². The number of likely N-dealkylation sites (tertiary alicyclic amines) is 1. The number of aromatic nitrogens is 3. The van der Waals surface area contributed by atoms with E-state index in [-0.39, 0.29) is 11.8 Å². The molecule has 1 fully saturated rings. The fraction of sp³-hybridized carbons (Fsp3) is 0.448. The molecule has 0 spiro atoms. The van der Waals surface area contributed by atoms with Crippen molar-refractivity contribution in [1.29, 1.82) is 0 Å². The van der Waals surface area contributed by atoms with Crippen molar-refractivity contribution in [3.63, 3.8) is 0 Å². The molecule has 0 radical (unpaired) electrons. The van der Waals surface area contributed by atoms with E-state index in [4.69, 9.17) is 10.7 Å². The van der Waals surface area contributed by atoms with Crippen LogP contribution >= 0.6 is 0 Å². The van der Waals surface area contributed by atoms with Crippen molar-refractivity contribution in [1.82, 2.24) is 25.0 Å². The number of aliphatic imine (C=N–C) groups is 2. The van der Waals surface area contributed by atoms with Gasteiger partial charge in [0, 0.05) is 55.4 Å². The van der Waals surface area contributed by atoms with Crippen molar-refractivity contribution in [3.8, 4) is 5.88 Å². The Hall–Kier alpha value is -3.92. The molecular weight excluding hydrogens is 492 g/mol. The molecule has 10 heteroatoms. The zero-order chi connectivity index (χ0) is 27.9. The summed E-state index contributed by atoms with van der Waals surface area (Å²) >= 11 is 0. The van der Waals surface area contributed by atoms with E-state index >= 15 is 0 Å². The number of hydrogen-bond acceptors (Lipinski definition) is 7. The van der Waals surface area contributed by atoms with Gasteiger partial charge >= 0.3 is 0 Å². The molecule has 0 saturated carbocycles. The molecule has 1 saturated heterocycles. The van der Waals surface area contributed by atoms with Gasteiger partial charge in [-0.05, 0) is 69.5 Å². The Bertz CT molecular complexity index is 1370. The second-order valence-electron chi connectivity index (χ2n) is 10.2. The molecule has 1 amide bonds. The van der Waals surface area contributed by atoms with Crippen LogP contribution < -0.4 is 11.1 Å².